The van der Waals surface area contributed by atoms with Crippen molar-refractivity contribution in [2.75, 3.05) is 5.73 Å². The summed E-state index contributed by atoms with van der Waals surface area (Å²) in [5.41, 5.74) is 9.30. The number of anilines is 1. The molecule has 3 aromatic rings. The Kier molecular flexibility index (Phi) is 3.19. The molecule has 0 radical (unpaired) electrons. The van der Waals surface area contributed by atoms with Crippen molar-refractivity contribution in [2.45, 2.75) is 13.8 Å². The second-order valence-corrected chi connectivity index (χ2v) is 5.48. The maximum absolute atomic E-state index is 10.0. The van der Waals surface area contributed by atoms with Gasteiger partial charge in [-0.15, -0.1) is 0 Å². The minimum atomic E-state index is 0.155. The van der Waals surface area contributed by atoms with Gasteiger partial charge in [0.1, 0.15) is 34.0 Å². The van der Waals surface area contributed by atoms with E-state index in [0.29, 0.717) is 33.0 Å². The number of hydrogen-bond acceptors (Lipinski definition) is 4. The van der Waals surface area contributed by atoms with Crippen LogP contribution in [-0.4, -0.2) is 14.7 Å². The van der Waals surface area contributed by atoms with Crippen LogP contribution in [0.5, 0.6) is 5.75 Å². The van der Waals surface area contributed by atoms with Crippen molar-refractivity contribution in [1.29, 1.82) is 5.26 Å². The van der Waals surface area contributed by atoms with Gasteiger partial charge in [0.15, 0.2) is 0 Å². The molecule has 0 bridgehead atoms. The third-order valence-electron chi connectivity index (χ3n) is 3.76. The maximum Gasteiger partial charge on any atom is 0.149 e. The quantitative estimate of drug-likeness (QED) is 0.674. The van der Waals surface area contributed by atoms with Gasteiger partial charge in [-0.25, -0.2) is 4.98 Å². The molecule has 1 aromatic carbocycles. The van der Waals surface area contributed by atoms with Crippen molar-refractivity contribution in [3.63, 3.8) is 0 Å². The monoisotopic (exact) mass is 312 g/mol. The van der Waals surface area contributed by atoms with Crippen molar-refractivity contribution in [2.24, 2.45) is 0 Å². The van der Waals surface area contributed by atoms with Crippen molar-refractivity contribution in [3.05, 3.63) is 46.1 Å². The molecule has 110 valence electrons. The summed E-state index contributed by atoms with van der Waals surface area (Å²) in [6.07, 6.45) is 0. The standard InChI is InChI=1S/C16H13ClN4O/c1-8-3-5-12(22)9(2)14(8)21-15(19)11(7-18)10-4-6-13(17)20-16(10)21/h3-6,22H,19H2,1-2H3. The number of phenols is 1. The van der Waals surface area contributed by atoms with E-state index < -0.39 is 0 Å². The number of aromatic nitrogens is 2. The highest BCUT2D eigenvalue weighted by Gasteiger charge is 2.20. The van der Waals surface area contributed by atoms with Crippen LogP contribution in [0.3, 0.4) is 0 Å². The number of halogens is 1. The van der Waals surface area contributed by atoms with Crippen molar-refractivity contribution in [1.82, 2.24) is 9.55 Å². The van der Waals surface area contributed by atoms with E-state index in [0.717, 1.165) is 5.56 Å². The zero-order valence-electron chi connectivity index (χ0n) is 12.1. The van der Waals surface area contributed by atoms with Crippen molar-refractivity contribution >= 4 is 28.5 Å². The van der Waals surface area contributed by atoms with Gasteiger partial charge in [0.2, 0.25) is 0 Å². The zero-order chi connectivity index (χ0) is 16.0. The normalized spacial score (nSPS) is 10.8. The Hall–Kier alpha value is -2.71. The number of aryl methyl sites for hydroxylation is 1. The topological polar surface area (TPSA) is 87.9 Å². The van der Waals surface area contributed by atoms with Gasteiger partial charge in [0.25, 0.3) is 0 Å². The molecule has 0 unspecified atom stereocenters. The summed E-state index contributed by atoms with van der Waals surface area (Å²) in [6.45, 7) is 3.70. The van der Waals surface area contributed by atoms with E-state index >= 15 is 0 Å². The first-order chi connectivity index (χ1) is 10.5. The number of benzene rings is 1. The molecule has 0 fully saturated rings. The number of rotatable bonds is 1. The largest absolute Gasteiger partial charge is 0.508 e. The summed E-state index contributed by atoms with van der Waals surface area (Å²) in [7, 11) is 0. The number of nitrogens with two attached hydrogens (primary N) is 1. The lowest BCUT2D eigenvalue weighted by Crippen LogP contribution is -2.05. The lowest BCUT2D eigenvalue weighted by molar-refractivity contribution is 0.470. The SMILES string of the molecule is Cc1ccc(O)c(C)c1-n1c(N)c(C#N)c2ccc(Cl)nc21. The molecule has 22 heavy (non-hydrogen) atoms. The van der Waals surface area contributed by atoms with Crippen LogP contribution in [0.15, 0.2) is 24.3 Å². The van der Waals surface area contributed by atoms with E-state index in [1.165, 1.54) is 0 Å². The van der Waals surface area contributed by atoms with Crippen LogP contribution in [0.4, 0.5) is 5.82 Å². The first-order valence-electron chi connectivity index (χ1n) is 6.61. The summed E-state index contributed by atoms with van der Waals surface area (Å²) in [5.74, 6) is 0.437. The molecular weight excluding hydrogens is 300 g/mol. The molecule has 5 nitrogen and oxygen atoms in total. The van der Waals surface area contributed by atoms with E-state index in [1.807, 2.05) is 6.92 Å². The first-order valence-corrected chi connectivity index (χ1v) is 6.99. The Labute approximate surface area is 132 Å². The van der Waals surface area contributed by atoms with Crippen LogP contribution in [0, 0.1) is 25.2 Å². The van der Waals surface area contributed by atoms with Crippen LogP contribution in [0.1, 0.15) is 16.7 Å². The average Bonchev–Trinajstić information content (AvgIpc) is 2.75. The van der Waals surface area contributed by atoms with Crippen molar-refractivity contribution < 1.29 is 5.11 Å². The number of hydrogen-bond donors (Lipinski definition) is 2. The fourth-order valence-electron chi connectivity index (χ4n) is 2.67. The number of nitrogens with zero attached hydrogens (tertiary/aromatic N) is 3. The highest BCUT2D eigenvalue weighted by atomic mass is 35.5. The Bertz CT molecular complexity index is 953. The molecule has 0 aliphatic rings. The van der Waals surface area contributed by atoms with E-state index in [1.54, 1.807) is 35.8 Å². The molecule has 3 N–H and O–H groups in total. The second kappa shape index (κ2) is 4.93. The summed E-state index contributed by atoms with van der Waals surface area (Å²) in [5, 5.41) is 20.3. The maximum atomic E-state index is 10.0. The minimum absolute atomic E-state index is 0.155. The average molecular weight is 313 g/mol. The molecule has 0 spiro atoms. The van der Waals surface area contributed by atoms with E-state index in [9.17, 15) is 10.4 Å². The Morgan fingerprint density at radius 1 is 1.27 bits per heavy atom. The number of aromatic hydroxyl groups is 1. The molecule has 0 aliphatic carbocycles. The van der Waals surface area contributed by atoms with Gasteiger partial charge in [0.05, 0.1) is 5.69 Å². The summed E-state index contributed by atoms with van der Waals surface area (Å²) < 4.78 is 1.67. The molecule has 0 amide bonds. The molecule has 0 aliphatic heterocycles. The summed E-state index contributed by atoms with van der Waals surface area (Å²) in [6, 6.07) is 8.88. The fraction of sp³-hybridized carbons (Fsp3) is 0.125. The van der Waals surface area contributed by atoms with Crippen molar-refractivity contribution in [3.8, 4) is 17.5 Å². The van der Waals surface area contributed by atoms with Crippen LogP contribution in [-0.2, 0) is 0 Å². The second-order valence-electron chi connectivity index (χ2n) is 5.09. The van der Waals surface area contributed by atoms with Crippen LogP contribution >= 0.6 is 11.6 Å². The molecular formula is C16H13ClN4O. The molecule has 0 atom stereocenters. The Balaban J connectivity index is 2.53. The highest BCUT2D eigenvalue weighted by molar-refractivity contribution is 6.29. The number of nitriles is 1. The lowest BCUT2D eigenvalue weighted by atomic mass is 10.1. The zero-order valence-corrected chi connectivity index (χ0v) is 12.8. The Morgan fingerprint density at radius 3 is 2.68 bits per heavy atom. The van der Waals surface area contributed by atoms with E-state index in [-0.39, 0.29) is 11.6 Å². The van der Waals surface area contributed by atoms with Crippen LogP contribution in [0.2, 0.25) is 5.15 Å². The molecule has 2 aromatic heterocycles. The lowest BCUT2D eigenvalue weighted by Gasteiger charge is -2.15. The third kappa shape index (κ3) is 1.89. The predicted molar refractivity (Wildman–Crippen MR) is 86.3 cm³/mol. The fourth-order valence-corrected chi connectivity index (χ4v) is 2.81. The number of fused-ring (bicyclic) bond motifs is 1. The third-order valence-corrected chi connectivity index (χ3v) is 3.97. The van der Waals surface area contributed by atoms with Gasteiger partial charge in [-0.3, -0.25) is 4.57 Å². The molecule has 6 heteroatoms. The van der Waals surface area contributed by atoms with Gasteiger partial charge in [-0.1, -0.05) is 17.7 Å². The predicted octanol–water partition coefficient (Wildman–Crippen LogP) is 3.46. The Morgan fingerprint density at radius 2 is 2.00 bits per heavy atom. The molecule has 3 rings (SSSR count). The molecule has 2 heterocycles. The smallest absolute Gasteiger partial charge is 0.149 e. The highest BCUT2D eigenvalue weighted by Crippen LogP contribution is 2.35. The van der Waals surface area contributed by atoms with E-state index in [2.05, 4.69) is 11.1 Å². The van der Waals surface area contributed by atoms with Gasteiger partial charge >= 0.3 is 0 Å². The molecule has 0 saturated carbocycles. The van der Waals surface area contributed by atoms with Gasteiger partial charge in [-0.05, 0) is 37.6 Å². The minimum Gasteiger partial charge on any atom is -0.508 e. The number of phenolic OH excluding ortho intramolecular Hbond substituents is 1. The number of nitrogen functional groups attached to an aromatic ring is 1. The molecule has 0 saturated heterocycles. The van der Waals surface area contributed by atoms with Gasteiger partial charge in [0, 0.05) is 10.9 Å². The first kappa shape index (κ1) is 14.2. The summed E-state index contributed by atoms with van der Waals surface area (Å²) in [4.78, 5) is 4.31. The number of pyridine rings is 1. The summed E-state index contributed by atoms with van der Waals surface area (Å²) >= 11 is 6.00. The van der Waals surface area contributed by atoms with Crippen LogP contribution in [0.25, 0.3) is 16.7 Å². The van der Waals surface area contributed by atoms with Gasteiger partial charge < -0.3 is 10.8 Å². The van der Waals surface area contributed by atoms with Crippen LogP contribution < -0.4 is 5.73 Å². The van der Waals surface area contributed by atoms with Gasteiger partial charge in [-0.2, -0.15) is 5.26 Å². The van der Waals surface area contributed by atoms with E-state index in [4.69, 9.17) is 17.3 Å².